The molecule has 0 radical (unpaired) electrons. The zero-order valence-corrected chi connectivity index (χ0v) is 14.5. The maximum atomic E-state index is 11.0. The summed E-state index contributed by atoms with van der Waals surface area (Å²) in [4.78, 5) is 48.8. The fraction of sp³-hybridized carbons (Fsp3) is 0.786. The van der Waals surface area contributed by atoms with Gasteiger partial charge in [-0.1, -0.05) is 0 Å². The minimum atomic E-state index is -1.01. The normalized spacial score (nSPS) is 19.3. The molecule has 1 aliphatic rings. The average Bonchev–Trinajstić information content (AvgIpc) is 2.53. The van der Waals surface area contributed by atoms with Gasteiger partial charge in [0.1, 0.15) is 0 Å². The Balaban J connectivity index is 2.83. The molecule has 0 aliphatic carbocycles. The van der Waals surface area contributed by atoms with Crippen LogP contribution in [0.2, 0.25) is 0 Å². The molecule has 0 aromatic rings. The SMILES string of the molecule is O=NN1CCN(CC(=O)O)CCN(CC(=O)O)CCN(CC(=O)O)CC1. The molecule has 12 nitrogen and oxygen atoms in total. The van der Waals surface area contributed by atoms with E-state index < -0.39 is 17.9 Å². The van der Waals surface area contributed by atoms with Gasteiger partial charge in [0.2, 0.25) is 0 Å². The number of rotatable bonds is 7. The second-order valence-electron chi connectivity index (χ2n) is 6.04. The Morgan fingerprint density at radius 3 is 1.12 bits per heavy atom. The third kappa shape index (κ3) is 9.25. The van der Waals surface area contributed by atoms with E-state index in [0.717, 1.165) is 0 Å². The minimum absolute atomic E-state index is 0.205. The number of nitroso groups, excluding NO2 is 1. The summed E-state index contributed by atoms with van der Waals surface area (Å²) in [5.41, 5.74) is 0. The van der Waals surface area contributed by atoms with Gasteiger partial charge in [-0.15, -0.1) is 4.91 Å². The summed E-state index contributed by atoms with van der Waals surface area (Å²) in [6, 6.07) is 0. The van der Waals surface area contributed by atoms with Crippen LogP contribution in [-0.4, -0.2) is 125 Å². The Labute approximate surface area is 150 Å². The van der Waals surface area contributed by atoms with Gasteiger partial charge >= 0.3 is 17.9 Å². The molecule has 1 aliphatic heterocycles. The first-order valence-corrected chi connectivity index (χ1v) is 8.20. The molecule has 0 saturated carbocycles. The van der Waals surface area contributed by atoms with E-state index in [1.807, 2.05) is 0 Å². The van der Waals surface area contributed by atoms with Gasteiger partial charge in [-0.05, 0) is 0 Å². The lowest BCUT2D eigenvalue weighted by atomic mass is 10.3. The predicted octanol–water partition coefficient (Wildman–Crippen LogP) is -1.86. The van der Waals surface area contributed by atoms with E-state index in [1.54, 1.807) is 14.7 Å². The van der Waals surface area contributed by atoms with E-state index in [2.05, 4.69) is 5.29 Å². The topological polar surface area (TPSA) is 154 Å². The average molecular weight is 375 g/mol. The van der Waals surface area contributed by atoms with E-state index in [4.69, 9.17) is 15.3 Å². The van der Waals surface area contributed by atoms with Crippen LogP contribution in [0.3, 0.4) is 0 Å². The molecule has 1 heterocycles. The first-order chi connectivity index (χ1) is 12.3. The molecular formula is C14H25N5O7. The van der Waals surface area contributed by atoms with Crippen LogP contribution in [0.5, 0.6) is 0 Å². The van der Waals surface area contributed by atoms with E-state index in [-0.39, 0.29) is 45.8 Å². The molecule has 0 spiro atoms. The molecule has 1 fully saturated rings. The highest BCUT2D eigenvalue weighted by Gasteiger charge is 2.19. The van der Waals surface area contributed by atoms with E-state index >= 15 is 0 Å². The van der Waals surface area contributed by atoms with Crippen molar-refractivity contribution in [2.24, 2.45) is 5.29 Å². The smallest absolute Gasteiger partial charge is 0.317 e. The van der Waals surface area contributed by atoms with Gasteiger partial charge in [-0.3, -0.25) is 34.1 Å². The number of aliphatic carboxylic acids is 3. The molecule has 0 amide bonds. The maximum absolute atomic E-state index is 11.0. The van der Waals surface area contributed by atoms with Crippen molar-refractivity contribution >= 4 is 17.9 Å². The van der Waals surface area contributed by atoms with Crippen molar-refractivity contribution in [2.45, 2.75) is 0 Å². The van der Waals surface area contributed by atoms with Crippen LogP contribution in [0.1, 0.15) is 0 Å². The quantitative estimate of drug-likeness (QED) is 0.429. The van der Waals surface area contributed by atoms with Gasteiger partial charge in [0.05, 0.1) is 38.0 Å². The third-order valence-electron chi connectivity index (χ3n) is 4.01. The first-order valence-electron chi connectivity index (χ1n) is 8.20. The molecule has 1 rings (SSSR count). The van der Waals surface area contributed by atoms with Crippen molar-refractivity contribution in [3.8, 4) is 0 Å². The highest BCUT2D eigenvalue weighted by atomic mass is 16.4. The number of carboxylic acid groups (broad SMARTS) is 3. The molecular weight excluding hydrogens is 350 g/mol. The fourth-order valence-corrected chi connectivity index (χ4v) is 2.66. The first kappa shape index (κ1) is 21.7. The van der Waals surface area contributed by atoms with Crippen LogP contribution in [0, 0.1) is 4.91 Å². The summed E-state index contributed by atoms with van der Waals surface area (Å²) in [6.45, 7) is 1.55. The Morgan fingerprint density at radius 1 is 0.615 bits per heavy atom. The summed E-state index contributed by atoms with van der Waals surface area (Å²) in [5.74, 6) is -3.04. The number of hydrogen-bond acceptors (Lipinski definition) is 8. The maximum Gasteiger partial charge on any atom is 0.317 e. The van der Waals surface area contributed by atoms with E-state index in [0.29, 0.717) is 26.2 Å². The minimum Gasteiger partial charge on any atom is -0.480 e. The van der Waals surface area contributed by atoms with Crippen molar-refractivity contribution < 1.29 is 29.7 Å². The predicted molar refractivity (Wildman–Crippen MR) is 89.6 cm³/mol. The van der Waals surface area contributed by atoms with Crippen LogP contribution in [0.15, 0.2) is 5.29 Å². The van der Waals surface area contributed by atoms with Crippen LogP contribution in [0.4, 0.5) is 0 Å². The Kier molecular flexibility index (Phi) is 9.47. The molecule has 0 aromatic carbocycles. The van der Waals surface area contributed by atoms with Crippen molar-refractivity contribution in [2.75, 3.05) is 72.0 Å². The molecule has 0 bridgehead atoms. The van der Waals surface area contributed by atoms with E-state index in [9.17, 15) is 19.3 Å². The summed E-state index contributed by atoms with van der Waals surface area (Å²) in [5, 5.41) is 31.2. The van der Waals surface area contributed by atoms with Gasteiger partial charge in [0.15, 0.2) is 0 Å². The van der Waals surface area contributed by atoms with Gasteiger partial charge in [-0.2, -0.15) is 0 Å². The van der Waals surface area contributed by atoms with Gasteiger partial charge in [-0.25, -0.2) is 0 Å². The standard InChI is InChI=1S/C14H25N5O7/c20-12(21)9-16-1-3-17(10-13(22)23)5-7-19(15-26)8-6-18(4-2-16)11-14(24)25/h1-11H2,(H,20,21)(H,22,23)(H,24,25). The molecule has 0 atom stereocenters. The van der Waals surface area contributed by atoms with Crippen LogP contribution >= 0.6 is 0 Å². The van der Waals surface area contributed by atoms with Crippen LogP contribution in [0.25, 0.3) is 0 Å². The molecule has 0 unspecified atom stereocenters. The molecule has 1 saturated heterocycles. The summed E-state index contributed by atoms with van der Waals surface area (Å²) < 4.78 is 0. The van der Waals surface area contributed by atoms with Crippen molar-refractivity contribution in [1.29, 1.82) is 0 Å². The highest BCUT2D eigenvalue weighted by molar-refractivity contribution is 5.69. The summed E-state index contributed by atoms with van der Waals surface area (Å²) in [6.07, 6.45) is 0. The largest absolute Gasteiger partial charge is 0.480 e. The fourth-order valence-electron chi connectivity index (χ4n) is 2.66. The van der Waals surface area contributed by atoms with Crippen molar-refractivity contribution in [1.82, 2.24) is 19.7 Å². The molecule has 148 valence electrons. The lowest BCUT2D eigenvalue weighted by molar-refractivity contribution is -0.140. The van der Waals surface area contributed by atoms with Gasteiger partial charge in [0, 0.05) is 39.3 Å². The number of carbonyl (C=O) groups is 3. The van der Waals surface area contributed by atoms with Gasteiger partial charge in [0.25, 0.3) is 0 Å². The monoisotopic (exact) mass is 375 g/mol. The number of hydrogen-bond donors (Lipinski definition) is 3. The third-order valence-corrected chi connectivity index (χ3v) is 4.01. The number of nitrogens with zero attached hydrogens (tertiary/aromatic N) is 5. The van der Waals surface area contributed by atoms with Crippen LogP contribution < -0.4 is 0 Å². The Bertz CT molecular complexity index is 472. The molecule has 0 aromatic heterocycles. The van der Waals surface area contributed by atoms with Crippen molar-refractivity contribution in [3.63, 3.8) is 0 Å². The lowest BCUT2D eigenvalue weighted by Gasteiger charge is -2.31. The second kappa shape index (κ2) is 11.3. The zero-order chi connectivity index (χ0) is 19.5. The highest BCUT2D eigenvalue weighted by Crippen LogP contribution is 2.01. The van der Waals surface area contributed by atoms with E-state index in [1.165, 1.54) is 5.01 Å². The molecule has 12 heteroatoms. The molecule has 3 N–H and O–H groups in total. The van der Waals surface area contributed by atoms with Gasteiger partial charge < -0.3 is 15.3 Å². The lowest BCUT2D eigenvalue weighted by Crippen LogP contribution is -2.47. The molecule has 26 heavy (non-hydrogen) atoms. The summed E-state index contributed by atoms with van der Waals surface area (Å²) >= 11 is 0. The Hall–Kier alpha value is -2.31. The second-order valence-corrected chi connectivity index (χ2v) is 6.04. The van der Waals surface area contributed by atoms with Crippen molar-refractivity contribution in [3.05, 3.63) is 4.91 Å². The number of carboxylic acids is 3. The summed E-state index contributed by atoms with van der Waals surface area (Å²) in [7, 11) is 0. The van der Waals surface area contributed by atoms with Crippen LogP contribution in [-0.2, 0) is 14.4 Å². The Morgan fingerprint density at radius 2 is 0.885 bits per heavy atom. The zero-order valence-electron chi connectivity index (χ0n) is 14.5.